The highest BCUT2D eigenvalue weighted by molar-refractivity contribution is 9.10. The van der Waals surface area contributed by atoms with Crippen molar-refractivity contribution < 1.29 is 4.79 Å². The molecular formula is C12H13BrClN3O. The number of fused-ring (bicyclic) bond motifs is 1. The number of halogens is 2. The summed E-state index contributed by atoms with van der Waals surface area (Å²) in [6.45, 7) is 1.60. The molecule has 6 heteroatoms. The van der Waals surface area contributed by atoms with Gasteiger partial charge in [-0.1, -0.05) is 11.6 Å². The van der Waals surface area contributed by atoms with E-state index < -0.39 is 0 Å². The van der Waals surface area contributed by atoms with Gasteiger partial charge in [-0.05, 0) is 34.8 Å². The molecule has 3 rings (SSSR count). The van der Waals surface area contributed by atoms with E-state index in [2.05, 4.69) is 31.1 Å². The van der Waals surface area contributed by atoms with Crippen molar-refractivity contribution in [3.8, 4) is 0 Å². The van der Waals surface area contributed by atoms with Crippen LogP contribution in [0.4, 0.5) is 5.82 Å². The number of carbonyl (C=O) groups is 1. The van der Waals surface area contributed by atoms with E-state index in [0.717, 1.165) is 29.7 Å². The zero-order chi connectivity index (χ0) is 12.7. The molecule has 18 heavy (non-hydrogen) atoms. The molecule has 0 unspecified atom stereocenters. The van der Waals surface area contributed by atoms with E-state index in [1.54, 1.807) is 6.20 Å². The zero-order valence-corrected chi connectivity index (χ0v) is 12.0. The first-order chi connectivity index (χ1) is 8.66. The second-order valence-corrected chi connectivity index (χ2v) is 6.04. The number of hydrogen-bond acceptors (Lipinski definition) is 3. The molecule has 0 aromatic carbocycles. The van der Waals surface area contributed by atoms with Gasteiger partial charge in [0.1, 0.15) is 5.82 Å². The van der Waals surface area contributed by atoms with Gasteiger partial charge in [-0.3, -0.25) is 4.79 Å². The second kappa shape index (κ2) is 4.70. The molecule has 2 aliphatic rings. The van der Waals surface area contributed by atoms with Crippen molar-refractivity contribution >= 4 is 39.3 Å². The summed E-state index contributed by atoms with van der Waals surface area (Å²) in [4.78, 5) is 18.3. The van der Waals surface area contributed by atoms with Crippen LogP contribution in [0.3, 0.4) is 0 Å². The van der Waals surface area contributed by atoms with Crippen molar-refractivity contribution in [2.24, 2.45) is 5.92 Å². The molecular weight excluding hydrogens is 318 g/mol. The fraction of sp³-hybridized carbons (Fsp3) is 0.500. The van der Waals surface area contributed by atoms with Crippen LogP contribution in [0.5, 0.6) is 0 Å². The van der Waals surface area contributed by atoms with Crippen LogP contribution in [0.25, 0.3) is 0 Å². The van der Waals surface area contributed by atoms with Crippen molar-refractivity contribution in [1.82, 2.24) is 10.3 Å². The van der Waals surface area contributed by atoms with Gasteiger partial charge < -0.3 is 10.2 Å². The van der Waals surface area contributed by atoms with Gasteiger partial charge in [-0.15, -0.1) is 0 Å². The molecule has 0 spiro atoms. The molecule has 2 aliphatic heterocycles. The van der Waals surface area contributed by atoms with Gasteiger partial charge in [0.05, 0.1) is 17.0 Å². The number of piperidine rings is 1. The first kappa shape index (κ1) is 12.2. The van der Waals surface area contributed by atoms with Gasteiger partial charge in [0.25, 0.3) is 0 Å². The van der Waals surface area contributed by atoms with Crippen LogP contribution in [0.1, 0.15) is 12.8 Å². The number of amides is 1. The third-order valence-corrected chi connectivity index (χ3v) is 4.37. The van der Waals surface area contributed by atoms with Crippen LogP contribution in [-0.4, -0.2) is 30.0 Å². The molecule has 3 heterocycles. The van der Waals surface area contributed by atoms with Gasteiger partial charge in [0.15, 0.2) is 0 Å². The Hall–Kier alpha value is -0.810. The molecule has 4 nitrogen and oxygen atoms in total. The Morgan fingerprint density at radius 2 is 2.39 bits per heavy atom. The molecule has 2 fully saturated rings. The largest absolute Gasteiger partial charge is 0.354 e. The Morgan fingerprint density at radius 1 is 1.56 bits per heavy atom. The lowest BCUT2D eigenvalue weighted by Gasteiger charge is -2.37. The monoisotopic (exact) mass is 329 g/mol. The SMILES string of the molecule is O=C1NC[C@@H]2[C@H]1CCCN2c1ncc(Br)cc1Cl. The summed E-state index contributed by atoms with van der Waals surface area (Å²) in [7, 11) is 0. The van der Waals surface area contributed by atoms with E-state index in [-0.39, 0.29) is 17.9 Å². The van der Waals surface area contributed by atoms with Crippen LogP contribution in [0.15, 0.2) is 16.7 Å². The lowest BCUT2D eigenvalue weighted by atomic mass is 9.91. The summed E-state index contributed by atoms with van der Waals surface area (Å²) in [6.07, 6.45) is 3.71. The van der Waals surface area contributed by atoms with Crippen LogP contribution in [0, 0.1) is 5.92 Å². The van der Waals surface area contributed by atoms with E-state index in [9.17, 15) is 4.79 Å². The average molecular weight is 331 g/mol. The van der Waals surface area contributed by atoms with E-state index in [4.69, 9.17) is 11.6 Å². The van der Waals surface area contributed by atoms with Gasteiger partial charge in [0, 0.05) is 23.8 Å². The van der Waals surface area contributed by atoms with Gasteiger partial charge in [-0.2, -0.15) is 0 Å². The Morgan fingerprint density at radius 3 is 3.17 bits per heavy atom. The fourth-order valence-corrected chi connectivity index (χ4v) is 3.57. The minimum absolute atomic E-state index is 0.0836. The normalized spacial score (nSPS) is 27.0. The minimum Gasteiger partial charge on any atom is -0.354 e. The summed E-state index contributed by atoms with van der Waals surface area (Å²) < 4.78 is 0.866. The maximum absolute atomic E-state index is 11.7. The number of hydrogen-bond donors (Lipinski definition) is 1. The van der Waals surface area contributed by atoms with Crippen molar-refractivity contribution in [1.29, 1.82) is 0 Å². The van der Waals surface area contributed by atoms with Crippen LogP contribution in [-0.2, 0) is 4.79 Å². The van der Waals surface area contributed by atoms with Crippen molar-refractivity contribution in [3.63, 3.8) is 0 Å². The summed E-state index contributed by atoms with van der Waals surface area (Å²) in [5.41, 5.74) is 0. The van der Waals surface area contributed by atoms with E-state index in [1.807, 2.05) is 6.07 Å². The highest BCUT2D eigenvalue weighted by Crippen LogP contribution is 2.34. The van der Waals surface area contributed by atoms with E-state index in [0.29, 0.717) is 11.6 Å². The van der Waals surface area contributed by atoms with Crippen LogP contribution in [0.2, 0.25) is 5.02 Å². The molecule has 2 atom stereocenters. The standard InChI is InChI=1S/C12H13BrClN3O/c13-7-4-9(14)11(15-5-7)17-3-1-2-8-10(17)6-16-12(8)18/h4-5,8,10H,1-3,6H2,(H,16,18)/t8-,10-/m1/s1. The minimum atomic E-state index is 0.0836. The molecule has 0 radical (unpaired) electrons. The summed E-state index contributed by atoms with van der Waals surface area (Å²) in [6, 6.07) is 2.04. The first-order valence-electron chi connectivity index (χ1n) is 6.02. The molecule has 1 N–H and O–H groups in total. The number of nitrogens with one attached hydrogen (secondary N) is 1. The number of pyridine rings is 1. The van der Waals surface area contributed by atoms with E-state index in [1.165, 1.54) is 0 Å². The second-order valence-electron chi connectivity index (χ2n) is 4.71. The van der Waals surface area contributed by atoms with Crippen molar-refractivity contribution in [2.75, 3.05) is 18.0 Å². The van der Waals surface area contributed by atoms with Crippen LogP contribution < -0.4 is 10.2 Å². The molecule has 96 valence electrons. The number of nitrogens with zero attached hydrogens (tertiary/aromatic N) is 2. The molecule has 0 saturated carbocycles. The van der Waals surface area contributed by atoms with Crippen molar-refractivity contribution in [2.45, 2.75) is 18.9 Å². The number of carbonyl (C=O) groups excluding carboxylic acids is 1. The maximum atomic E-state index is 11.7. The average Bonchev–Trinajstić information content (AvgIpc) is 2.72. The summed E-state index contributed by atoms with van der Waals surface area (Å²) >= 11 is 9.60. The van der Waals surface area contributed by atoms with Crippen LogP contribution >= 0.6 is 27.5 Å². The topological polar surface area (TPSA) is 45.2 Å². The lowest BCUT2D eigenvalue weighted by Crippen LogP contribution is -2.46. The summed E-state index contributed by atoms with van der Waals surface area (Å²) in [5, 5.41) is 3.56. The molecule has 0 bridgehead atoms. The van der Waals surface area contributed by atoms with E-state index >= 15 is 0 Å². The summed E-state index contributed by atoms with van der Waals surface area (Å²) in [5.74, 6) is 1.03. The molecule has 2 saturated heterocycles. The quantitative estimate of drug-likeness (QED) is 0.859. The lowest BCUT2D eigenvalue weighted by molar-refractivity contribution is -0.122. The van der Waals surface area contributed by atoms with Gasteiger partial charge in [0.2, 0.25) is 5.91 Å². The smallest absolute Gasteiger partial charge is 0.225 e. The Bertz CT molecular complexity index is 496. The van der Waals surface area contributed by atoms with Gasteiger partial charge in [-0.25, -0.2) is 4.98 Å². The molecule has 0 aliphatic carbocycles. The highest BCUT2D eigenvalue weighted by Gasteiger charge is 2.41. The third-order valence-electron chi connectivity index (χ3n) is 3.66. The van der Waals surface area contributed by atoms with Crippen molar-refractivity contribution in [3.05, 3.63) is 21.8 Å². The Labute approximate surface area is 119 Å². The first-order valence-corrected chi connectivity index (χ1v) is 7.19. The number of anilines is 1. The fourth-order valence-electron chi connectivity index (χ4n) is 2.83. The number of rotatable bonds is 1. The highest BCUT2D eigenvalue weighted by atomic mass is 79.9. The van der Waals surface area contributed by atoms with Gasteiger partial charge >= 0.3 is 0 Å². The predicted molar refractivity (Wildman–Crippen MR) is 73.8 cm³/mol. The zero-order valence-electron chi connectivity index (χ0n) is 9.70. The molecule has 1 aromatic rings. The number of aromatic nitrogens is 1. The Kier molecular flexibility index (Phi) is 3.20. The third kappa shape index (κ3) is 1.99. The molecule has 1 amide bonds. The maximum Gasteiger partial charge on any atom is 0.225 e. The molecule has 1 aromatic heterocycles. The predicted octanol–water partition coefficient (Wildman–Crippen LogP) is 2.21. The Balaban J connectivity index is 1.93.